The van der Waals surface area contributed by atoms with Crippen LogP contribution in [0.4, 0.5) is 10.1 Å². The highest BCUT2D eigenvalue weighted by atomic mass is 35.5. The SMILES string of the molecule is COCCN(C)S(=O)(=O)c1cc(N)cc(Cl)c1F. The number of halogens is 2. The van der Waals surface area contributed by atoms with Crippen molar-refractivity contribution in [3.63, 3.8) is 0 Å². The van der Waals surface area contributed by atoms with Gasteiger partial charge in [-0.25, -0.2) is 12.8 Å². The predicted molar refractivity (Wildman–Crippen MR) is 67.5 cm³/mol. The van der Waals surface area contributed by atoms with Crippen LogP contribution < -0.4 is 5.73 Å². The van der Waals surface area contributed by atoms with Crippen LogP contribution in [0, 0.1) is 5.82 Å². The van der Waals surface area contributed by atoms with E-state index in [9.17, 15) is 12.8 Å². The maximum absolute atomic E-state index is 13.7. The van der Waals surface area contributed by atoms with Crippen molar-refractivity contribution in [3.8, 4) is 0 Å². The summed E-state index contributed by atoms with van der Waals surface area (Å²) in [6, 6.07) is 2.20. The molecule has 0 aliphatic carbocycles. The predicted octanol–water partition coefficient (Wildman–Crippen LogP) is 1.33. The van der Waals surface area contributed by atoms with Gasteiger partial charge >= 0.3 is 0 Å². The molecule has 0 radical (unpaired) electrons. The summed E-state index contributed by atoms with van der Waals surface area (Å²) >= 11 is 5.57. The van der Waals surface area contributed by atoms with Gasteiger partial charge in [-0.05, 0) is 12.1 Å². The van der Waals surface area contributed by atoms with Crippen molar-refractivity contribution in [2.45, 2.75) is 4.90 Å². The van der Waals surface area contributed by atoms with E-state index in [0.717, 1.165) is 16.4 Å². The molecule has 0 aromatic heterocycles. The fourth-order valence-corrected chi connectivity index (χ4v) is 2.84. The second-order valence-electron chi connectivity index (χ2n) is 3.63. The quantitative estimate of drug-likeness (QED) is 0.832. The molecule has 0 fully saturated rings. The van der Waals surface area contributed by atoms with E-state index in [1.807, 2.05) is 0 Å². The summed E-state index contributed by atoms with van der Waals surface area (Å²) in [6.45, 7) is 0.304. The van der Waals surface area contributed by atoms with Gasteiger partial charge in [0, 0.05) is 26.4 Å². The Bertz CT molecular complexity index is 536. The van der Waals surface area contributed by atoms with Crippen LogP contribution in [0.2, 0.25) is 5.02 Å². The van der Waals surface area contributed by atoms with E-state index < -0.39 is 20.7 Å². The summed E-state index contributed by atoms with van der Waals surface area (Å²) < 4.78 is 43.6. The average molecular weight is 297 g/mol. The molecule has 18 heavy (non-hydrogen) atoms. The lowest BCUT2D eigenvalue weighted by Crippen LogP contribution is -2.30. The Hall–Kier alpha value is -0.890. The number of hydrogen-bond donors (Lipinski definition) is 1. The molecule has 8 heteroatoms. The number of nitrogen functional groups attached to an aromatic ring is 1. The number of anilines is 1. The van der Waals surface area contributed by atoms with Crippen LogP contribution >= 0.6 is 11.6 Å². The summed E-state index contributed by atoms with van der Waals surface area (Å²) in [4.78, 5) is -0.536. The number of likely N-dealkylation sites (N-methyl/N-ethyl adjacent to an activating group) is 1. The lowest BCUT2D eigenvalue weighted by atomic mass is 10.3. The maximum Gasteiger partial charge on any atom is 0.245 e. The molecule has 0 spiro atoms. The minimum Gasteiger partial charge on any atom is -0.399 e. The number of nitrogens with zero attached hydrogens (tertiary/aromatic N) is 1. The monoisotopic (exact) mass is 296 g/mol. The first kappa shape index (κ1) is 15.2. The average Bonchev–Trinajstić information content (AvgIpc) is 2.30. The van der Waals surface area contributed by atoms with Gasteiger partial charge in [0.05, 0.1) is 11.6 Å². The molecule has 0 bridgehead atoms. The molecule has 0 aliphatic rings. The van der Waals surface area contributed by atoms with Crippen LogP contribution in [0.1, 0.15) is 0 Å². The molecule has 102 valence electrons. The molecule has 0 heterocycles. The van der Waals surface area contributed by atoms with Crippen LogP contribution in [0.25, 0.3) is 0 Å². The first-order valence-electron chi connectivity index (χ1n) is 5.00. The fraction of sp³-hybridized carbons (Fsp3) is 0.400. The second kappa shape index (κ2) is 5.83. The third-order valence-corrected chi connectivity index (χ3v) is 4.45. The number of nitrogens with two attached hydrogens (primary N) is 1. The van der Waals surface area contributed by atoms with E-state index >= 15 is 0 Å². The summed E-state index contributed by atoms with van der Waals surface area (Å²) in [5.41, 5.74) is 5.55. The van der Waals surface area contributed by atoms with E-state index in [0.29, 0.717) is 0 Å². The molecule has 0 saturated heterocycles. The van der Waals surface area contributed by atoms with E-state index in [2.05, 4.69) is 0 Å². The molecule has 1 aromatic rings. The van der Waals surface area contributed by atoms with Crippen molar-refractivity contribution in [2.75, 3.05) is 33.0 Å². The zero-order valence-corrected chi connectivity index (χ0v) is 11.6. The van der Waals surface area contributed by atoms with Crippen molar-refractivity contribution < 1.29 is 17.5 Å². The molecule has 5 nitrogen and oxygen atoms in total. The number of ether oxygens (including phenoxy) is 1. The van der Waals surface area contributed by atoms with Gasteiger partial charge < -0.3 is 10.5 Å². The van der Waals surface area contributed by atoms with E-state index in [1.165, 1.54) is 14.2 Å². The minimum absolute atomic E-state index is 0.0834. The first-order valence-corrected chi connectivity index (χ1v) is 6.82. The molecular weight excluding hydrogens is 283 g/mol. The van der Waals surface area contributed by atoms with Gasteiger partial charge in [0.25, 0.3) is 0 Å². The number of rotatable bonds is 5. The smallest absolute Gasteiger partial charge is 0.245 e. The molecule has 0 saturated carbocycles. The van der Waals surface area contributed by atoms with Gasteiger partial charge in [-0.15, -0.1) is 0 Å². The normalized spacial score (nSPS) is 12.1. The molecule has 2 N–H and O–H groups in total. The standard InChI is InChI=1S/C10H14ClFN2O3S/c1-14(3-4-17-2)18(15,16)9-6-7(13)5-8(11)10(9)12/h5-6H,3-4,13H2,1-2H3. The van der Waals surface area contributed by atoms with Crippen molar-refractivity contribution in [3.05, 3.63) is 23.0 Å². The Kier molecular flexibility index (Phi) is 4.92. The Morgan fingerprint density at radius 1 is 1.50 bits per heavy atom. The van der Waals surface area contributed by atoms with Gasteiger partial charge in [-0.1, -0.05) is 11.6 Å². The van der Waals surface area contributed by atoms with Gasteiger partial charge in [-0.3, -0.25) is 0 Å². The minimum atomic E-state index is -3.97. The van der Waals surface area contributed by atoms with Gasteiger partial charge in [0.1, 0.15) is 4.90 Å². The lowest BCUT2D eigenvalue weighted by molar-refractivity contribution is 0.185. The van der Waals surface area contributed by atoms with Crippen molar-refractivity contribution in [2.24, 2.45) is 0 Å². The van der Waals surface area contributed by atoms with Crippen molar-refractivity contribution in [1.82, 2.24) is 4.31 Å². The third-order valence-electron chi connectivity index (χ3n) is 2.32. The molecular formula is C10H14ClFN2O3S. The summed E-state index contributed by atoms with van der Waals surface area (Å²) in [5.74, 6) is -1.00. The van der Waals surface area contributed by atoms with Crippen molar-refractivity contribution in [1.29, 1.82) is 0 Å². The topological polar surface area (TPSA) is 72.6 Å². The zero-order chi connectivity index (χ0) is 13.9. The summed E-state index contributed by atoms with van der Waals surface area (Å²) in [5, 5.41) is -0.325. The Morgan fingerprint density at radius 2 is 2.11 bits per heavy atom. The molecule has 0 amide bonds. The zero-order valence-electron chi connectivity index (χ0n) is 9.98. The maximum atomic E-state index is 13.7. The highest BCUT2D eigenvalue weighted by Gasteiger charge is 2.26. The number of hydrogen-bond acceptors (Lipinski definition) is 4. The van der Waals surface area contributed by atoms with Gasteiger partial charge in [0.2, 0.25) is 10.0 Å². The lowest BCUT2D eigenvalue weighted by Gasteiger charge is -2.17. The number of sulfonamides is 1. The Balaban J connectivity index is 3.20. The molecule has 1 aromatic carbocycles. The Labute approximate surface area is 110 Å². The molecule has 0 unspecified atom stereocenters. The highest BCUT2D eigenvalue weighted by molar-refractivity contribution is 7.89. The van der Waals surface area contributed by atoms with Crippen molar-refractivity contribution >= 4 is 27.3 Å². The van der Waals surface area contributed by atoms with Crippen LogP contribution in [0.15, 0.2) is 17.0 Å². The van der Waals surface area contributed by atoms with Crippen LogP contribution in [-0.2, 0) is 14.8 Å². The van der Waals surface area contributed by atoms with E-state index in [4.69, 9.17) is 22.1 Å². The molecule has 0 atom stereocenters. The highest BCUT2D eigenvalue weighted by Crippen LogP contribution is 2.27. The molecule has 0 aliphatic heterocycles. The fourth-order valence-electron chi connectivity index (χ4n) is 1.28. The Morgan fingerprint density at radius 3 is 2.67 bits per heavy atom. The largest absolute Gasteiger partial charge is 0.399 e. The van der Waals surface area contributed by atoms with Gasteiger partial charge in [0.15, 0.2) is 5.82 Å². The number of benzene rings is 1. The second-order valence-corrected chi connectivity index (χ2v) is 6.05. The third kappa shape index (κ3) is 3.11. The summed E-state index contributed by atoms with van der Waals surface area (Å²) in [7, 11) is -1.21. The van der Waals surface area contributed by atoms with Crippen LogP contribution in [0.5, 0.6) is 0 Å². The van der Waals surface area contributed by atoms with E-state index in [1.54, 1.807) is 0 Å². The first-order chi connectivity index (χ1) is 8.30. The van der Waals surface area contributed by atoms with Gasteiger partial charge in [-0.2, -0.15) is 4.31 Å². The summed E-state index contributed by atoms with van der Waals surface area (Å²) in [6.07, 6.45) is 0. The van der Waals surface area contributed by atoms with Crippen LogP contribution in [-0.4, -0.2) is 40.0 Å². The molecule has 1 rings (SSSR count). The van der Waals surface area contributed by atoms with Crippen LogP contribution in [0.3, 0.4) is 0 Å². The van der Waals surface area contributed by atoms with E-state index in [-0.39, 0.29) is 23.9 Å². The number of methoxy groups -OCH3 is 1.